The van der Waals surface area contributed by atoms with Gasteiger partial charge in [-0.3, -0.25) is 4.79 Å². The van der Waals surface area contributed by atoms with Gasteiger partial charge in [-0.05, 0) is 52.7 Å². The van der Waals surface area contributed by atoms with Crippen molar-refractivity contribution in [2.45, 2.75) is 0 Å². The van der Waals surface area contributed by atoms with Gasteiger partial charge < -0.3 is 11.1 Å². The second-order valence-corrected chi connectivity index (χ2v) is 9.31. The summed E-state index contributed by atoms with van der Waals surface area (Å²) in [7, 11) is 0. The molecule has 0 atom stereocenters. The fraction of sp³-hybridized carbons (Fsp3) is 0. The van der Waals surface area contributed by atoms with Gasteiger partial charge in [0.15, 0.2) is 0 Å². The molecule has 6 rings (SSSR count). The molecule has 0 aliphatic carbocycles. The maximum Gasteiger partial charge on any atom is 0.255 e. The molecule has 0 bridgehead atoms. The smallest absolute Gasteiger partial charge is 0.255 e. The molecule has 6 nitrogen and oxygen atoms in total. The predicted octanol–water partition coefficient (Wildman–Crippen LogP) is 6.65. The Morgan fingerprint density at radius 3 is 2.61 bits per heavy atom. The van der Waals surface area contributed by atoms with Gasteiger partial charge in [-0.2, -0.15) is 0 Å². The van der Waals surface area contributed by atoms with Crippen LogP contribution in [0.2, 0.25) is 0 Å². The van der Waals surface area contributed by atoms with Gasteiger partial charge in [-0.25, -0.2) is 4.68 Å². The molecular formula is C29H21N5OS. The summed E-state index contributed by atoms with van der Waals surface area (Å²) >= 11 is 1.64. The first-order chi connectivity index (χ1) is 17.7. The average Bonchev–Trinajstić information content (AvgIpc) is 3.63. The molecule has 0 fully saturated rings. The maximum absolute atomic E-state index is 13.1. The van der Waals surface area contributed by atoms with Crippen molar-refractivity contribution in [2.24, 2.45) is 0 Å². The number of fused-ring (bicyclic) bond motifs is 1. The van der Waals surface area contributed by atoms with Gasteiger partial charge in [-0.1, -0.05) is 65.9 Å². The minimum atomic E-state index is -0.242. The summed E-state index contributed by atoms with van der Waals surface area (Å²) in [6, 6.07) is 31.3. The van der Waals surface area contributed by atoms with E-state index in [2.05, 4.69) is 33.8 Å². The highest BCUT2D eigenvalue weighted by atomic mass is 32.1. The summed E-state index contributed by atoms with van der Waals surface area (Å²) in [4.78, 5) is 14.2. The van der Waals surface area contributed by atoms with Crippen molar-refractivity contribution in [3.63, 3.8) is 0 Å². The van der Waals surface area contributed by atoms with Crippen LogP contribution < -0.4 is 11.1 Å². The van der Waals surface area contributed by atoms with E-state index in [1.54, 1.807) is 22.1 Å². The third-order valence-electron chi connectivity index (χ3n) is 6.03. The largest absolute Gasteiger partial charge is 0.397 e. The number of nitrogens with one attached hydrogen (secondary N) is 1. The topological polar surface area (TPSA) is 85.8 Å². The molecule has 36 heavy (non-hydrogen) atoms. The van der Waals surface area contributed by atoms with Crippen LogP contribution in [-0.2, 0) is 0 Å². The second-order valence-electron chi connectivity index (χ2n) is 8.36. The Bertz CT molecular complexity index is 1700. The number of hydrogen-bond acceptors (Lipinski definition) is 5. The zero-order valence-electron chi connectivity index (χ0n) is 19.1. The minimum absolute atomic E-state index is 0.242. The highest BCUT2D eigenvalue weighted by molar-refractivity contribution is 7.13. The van der Waals surface area contributed by atoms with E-state index >= 15 is 0 Å². The number of amides is 1. The maximum atomic E-state index is 13.1. The van der Waals surface area contributed by atoms with Crippen molar-refractivity contribution < 1.29 is 4.79 Å². The highest BCUT2D eigenvalue weighted by Gasteiger charge is 2.13. The summed E-state index contributed by atoms with van der Waals surface area (Å²) in [6.07, 6.45) is 1.88. The number of benzene rings is 4. The molecule has 0 spiro atoms. The van der Waals surface area contributed by atoms with Crippen molar-refractivity contribution in [1.82, 2.24) is 15.0 Å². The van der Waals surface area contributed by atoms with Gasteiger partial charge in [0, 0.05) is 21.4 Å². The molecule has 3 N–H and O–H groups in total. The van der Waals surface area contributed by atoms with Crippen molar-refractivity contribution in [3.8, 4) is 27.4 Å². The van der Waals surface area contributed by atoms with Gasteiger partial charge >= 0.3 is 0 Å². The van der Waals surface area contributed by atoms with Gasteiger partial charge in [0.1, 0.15) is 5.69 Å². The quantitative estimate of drug-likeness (QED) is 0.267. The van der Waals surface area contributed by atoms with E-state index in [4.69, 9.17) is 5.73 Å². The monoisotopic (exact) mass is 487 g/mol. The first-order valence-electron chi connectivity index (χ1n) is 11.4. The Morgan fingerprint density at radius 2 is 1.72 bits per heavy atom. The molecule has 174 valence electrons. The first-order valence-corrected chi connectivity index (χ1v) is 12.3. The SMILES string of the molecule is Nc1ccc(-c2cccs2)cc1NC(=O)c1cccc(-c2cn(-c3cccc4ccccc34)nn2)c1. The summed E-state index contributed by atoms with van der Waals surface area (Å²) in [5.74, 6) is -0.242. The number of anilines is 2. The summed E-state index contributed by atoms with van der Waals surface area (Å²) in [5.41, 5.74) is 11.2. The Labute approximate surface area is 211 Å². The molecule has 2 heterocycles. The van der Waals surface area contributed by atoms with Crippen LogP contribution >= 0.6 is 11.3 Å². The molecule has 0 aliphatic rings. The summed E-state index contributed by atoms with van der Waals surface area (Å²) < 4.78 is 1.77. The Kier molecular flexibility index (Phi) is 5.52. The number of nitrogens with two attached hydrogens (primary N) is 1. The Morgan fingerprint density at radius 1 is 0.861 bits per heavy atom. The van der Waals surface area contributed by atoms with E-state index in [1.807, 2.05) is 84.4 Å². The van der Waals surface area contributed by atoms with Crippen LogP contribution in [0, 0.1) is 0 Å². The zero-order valence-corrected chi connectivity index (χ0v) is 19.9. The van der Waals surface area contributed by atoms with Crippen LogP contribution in [0.25, 0.3) is 38.2 Å². The van der Waals surface area contributed by atoms with Crippen molar-refractivity contribution in [1.29, 1.82) is 0 Å². The molecule has 4 aromatic carbocycles. The van der Waals surface area contributed by atoms with Crippen LogP contribution in [0.3, 0.4) is 0 Å². The molecule has 0 unspecified atom stereocenters. The lowest BCUT2D eigenvalue weighted by atomic mass is 10.1. The highest BCUT2D eigenvalue weighted by Crippen LogP contribution is 2.31. The van der Waals surface area contributed by atoms with Crippen LogP contribution in [-0.4, -0.2) is 20.9 Å². The predicted molar refractivity (Wildman–Crippen MR) is 146 cm³/mol. The molecule has 7 heteroatoms. The van der Waals surface area contributed by atoms with E-state index in [0.29, 0.717) is 22.6 Å². The fourth-order valence-corrected chi connectivity index (χ4v) is 4.92. The van der Waals surface area contributed by atoms with Gasteiger partial charge in [-0.15, -0.1) is 16.4 Å². The van der Waals surface area contributed by atoms with Crippen LogP contribution in [0.4, 0.5) is 11.4 Å². The zero-order chi connectivity index (χ0) is 24.5. The van der Waals surface area contributed by atoms with Crippen LogP contribution in [0.5, 0.6) is 0 Å². The lowest BCUT2D eigenvalue weighted by Gasteiger charge is -2.10. The normalized spacial score (nSPS) is 11.0. The number of nitrogens with zero attached hydrogens (tertiary/aromatic N) is 3. The minimum Gasteiger partial charge on any atom is -0.397 e. The third-order valence-corrected chi connectivity index (χ3v) is 6.95. The van der Waals surface area contributed by atoms with E-state index < -0.39 is 0 Å². The van der Waals surface area contributed by atoms with Crippen LogP contribution in [0.15, 0.2) is 109 Å². The molecule has 0 aliphatic heterocycles. The number of thiophene rings is 1. The molecule has 6 aromatic rings. The summed E-state index contributed by atoms with van der Waals surface area (Å²) in [5, 5.41) is 15.9. The van der Waals surface area contributed by atoms with Crippen molar-refractivity contribution in [3.05, 3.63) is 114 Å². The lowest BCUT2D eigenvalue weighted by Crippen LogP contribution is -2.13. The Hall–Kier alpha value is -4.75. The number of carbonyl (C=O) groups is 1. The van der Waals surface area contributed by atoms with Gasteiger partial charge in [0.25, 0.3) is 5.91 Å². The standard InChI is InChI=1S/C29H21N5OS/c30-24-14-13-21(28-12-5-15-36-28)17-25(24)31-29(35)22-9-3-8-20(16-22)26-18-34(33-32-26)27-11-4-7-19-6-1-2-10-23(19)27/h1-18H,30H2,(H,31,35). The fourth-order valence-electron chi connectivity index (χ4n) is 4.20. The second kappa shape index (κ2) is 9.13. The van der Waals surface area contributed by atoms with E-state index in [-0.39, 0.29) is 5.91 Å². The number of carbonyl (C=O) groups excluding carboxylic acids is 1. The lowest BCUT2D eigenvalue weighted by molar-refractivity contribution is 0.102. The van der Waals surface area contributed by atoms with Crippen molar-refractivity contribution >= 4 is 39.4 Å². The number of hydrogen-bond donors (Lipinski definition) is 2. The molecule has 0 radical (unpaired) electrons. The van der Waals surface area contributed by atoms with Gasteiger partial charge in [0.2, 0.25) is 0 Å². The number of nitrogen functional groups attached to an aromatic ring is 1. The third kappa shape index (κ3) is 4.12. The van der Waals surface area contributed by atoms with E-state index in [1.165, 1.54) is 0 Å². The first kappa shape index (κ1) is 21.8. The summed E-state index contributed by atoms with van der Waals surface area (Å²) in [6.45, 7) is 0. The van der Waals surface area contributed by atoms with Crippen molar-refractivity contribution in [2.75, 3.05) is 11.1 Å². The van der Waals surface area contributed by atoms with E-state index in [0.717, 1.165) is 32.5 Å². The van der Waals surface area contributed by atoms with Gasteiger partial charge in [0.05, 0.1) is 23.3 Å². The molecular weight excluding hydrogens is 466 g/mol. The molecule has 2 aromatic heterocycles. The number of rotatable bonds is 5. The molecule has 0 saturated carbocycles. The van der Waals surface area contributed by atoms with Crippen LogP contribution in [0.1, 0.15) is 10.4 Å². The molecule has 0 saturated heterocycles. The van der Waals surface area contributed by atoms with E-state index in [9.17, 15) is 4.79 Å². The molecule has 1 amide bonds. The average molecular weight is 488 g/mol. The number of aromatic nitrogens is 3. The Balaban J connectivity index is 1.27.